The number of nitrogens with two attached hydrogens (primary N) is 1. The number of para-hydroxylation sites is 1. The molecule has 2 N–H and O–H groups in total. The van der Waals surface area contributed by atoms with E-state index >= 15 is 0 Å². The van der Waals surface area contributed by atoms with Crippen LogP contribution in [0.15, 0.2) is 30.3 Å². The number of thiophene rings is 1. The van der Waals surface area contributed by atoms with Gasteiger partial charge >= 0.3 is 0 Å². The van der Waals surface area contributed by atoms with Gasteiger partial charge < -0.3 is 15.0 Å². The van der Waals surface area contributed by atoms with Gasteiger partial charge in [0, 0.05) is 9.75 Å². The Kier molecular flexibility index (Phi) is 3.59. The molecule has 110 valence electrons. The molecule has 1 unspecified atom stereocenters. The number of benzene rings is 1. The van der Waals surface area contributed by atoms with Gasteiger partial charge in [0.05, 0.1) is 18.2 Å². The molecule has 0 aliphatic heterocycles. The van der Waals surface area contributed by atoms with Crippen molar-refractivity contribution in [1.82, 2.24) is 9.55 Å². The lowest BCUT2D eigenvalue weighted by molar-refractivity contribution is 0.343. The van der Waals surface area contributed by atoms with Crippen molar-refractivity contribution in [2.24, 2.45) is 0 Å². The molecule has 0 fully saturated rings. The molecule has 21 heavy (non-hydrogen) atoms. The van der Waals surface area contributed by atoms with Gasteiger partial charge in [-0.25, -0.2) is 4.98 Å². The van der Waals surface area contributed by atoms with Crippen molar-refractivity contribution in [1.29, 1.82) is 0 Å². The molecule has 0 saturated carbocycles. The minimum Gasteiger partial charge on any atom is -0.492 e. The first kappa shape index (κ1) is 13.9. The second kappa shape index (κ2) is 5.41. The van der Waals surface area contributed by atoms with Gasteiger partial charge in [0.1, 0.15) is 11.3 Å². The van der Waals surface area contributed by atoms with Crippen LogP contribution in [0.1, 0.15) is 29.6 Å². The highest BCUT2D eigenvalue weighted by molar-refractivity contribution is 7.12. The predicted molar refractivity (Wildman–Crippen MR) is 88.2 cm³/mol. The molecule has 2 aromatic heterocycles. The minimum atomic E-state index is 0.158. The average molecular weight is 301 g/mol. The van der Waals surface area contributed by atoms with Crippen molar-refractivity contribution in [2.75, 3.05) is 12.3 Å². The highest BCUT2D eigenvalue weighted by Gasteiger charge is 2.18. The van der Waals surface area contributed by atoms with Crippen LogP contribution >= 0.6 is 11.3 Å². The zero-order valence-electron chi connectivity index (χ0n) is 12.5. The highest BCUT2D eigenvalue weighted by Crippen LogP contribution is 2.34. The van der Waals surface area contributed by atoms with Crippen molar-refractivity contribution in [3.8, 4) is 5.75 Å². The average Bonchev–Trinajstić information content (AvgIpc) is 3.02. The third-order valence-corrected chi connectivity index (χ3v) is 4.74. The fraction of sp³-hybridized carbons (Fsp3) is 0.312. The summed E-state index contributed by atoms with van der Waals surface area (Å²) in [6, 6.07) is 10.4. The molecule has 4 nitrogen and oxygen atoms in total. The molecule has 5 heteroatoms. The number of nitrogens with zero attached hydrogens (tertiary/aromatic N) is 2. The van der Waals surface area contributed by atoms with E-state index in [2.05, 4.69) is 35.5 Å². The van der Waals surface area contributed by atoms with Gasteiger partial charge in [-0.05, 0) is 45.0 Å². The summed E-state index contributed by atoms with van der Waals surface area (Å²) in [5, 5.41) is 0. The van der Waals surface area contributed by atoms with E-state index in [1.54, 1.807) is 11.3 Å². The summed E-state index contributed by atoms with van der Waals surface area (Å²) < 4.78 is 7.72. The fourth-order valence-electron chi connectivity index (χ4n) is 2.59. The van der Waals surface area contributed by atoms with Gasteiger partial charge in [0.15, 0.2) is 0 Å². The molecule has 0 amide bonds. The zero-order valence-corrected chi connectivity index (χ0v) is 13.3. The maximum atomic E-state index is 6.16. The molecular weight excluding hydrogens is 282 g/mol. The van der Waals surface area contributed by atoms with Crippen LogP contribution in [0.5, 0.6) is 5.75 Å². The van der Waals surface area contributed by atoms with Crippen molar-refractivity contribution in [2.45, 2.75) is 26.8 Å². The van der Waals surface area contributed by atoms with Crippen LogP contribution in [0, 0.1) is 6.92 Å². The Morgan fingerprint density at radius 1 is 1.33 bits per heavy atom. The molecule has 3 aromatic rings. The molecule has 1 atom stereocenters. The molecular formula is C16H19N3OS. The molecule has 0 aliphatic rings. The van der Waals surface area contributed by atoms with E-state index in [4.69, 9.17) is 10.5 Å². The number of imidazole rings is 1. The van der Waals surface area contributed by atoms with Crippen molar-refractivity contribution in [3.63, 3.8) is 0 Å². The Hall–Kier alpha value is -2.01. The summed E-state index contributed by atoms with van der Waals surface area (Å²) in [7, 11) is 0. The smallest absolute Gasteiger partial charge is 0.201 e. The quantitative estimate of drug-likeness (QED) is 0.792. The van der Waals surface area contributed by atoms with Crippen LogP contribution in [0.2, 0.25) is 0 Å². The minimum absolute atomic E-state index is 0.158. The van der Waals surface area contributed by atoms with Gasteiger partial charge in [-0.1, -0.05) is 6.07 Å². The van der Waals surface area contributed by atoms with Gasteiger partial charge in [-0.3, -0.25) is 0 Å². The summed E-state index contributed by atoms with van der Waals surface area (Å²) in [5.41, 5.74) is 8.01. The van der Waals surface area contributed by atoms with E-state index in [9.17, 15) is 0 Å². The molecule has 0 radical (unpaired) electrons. The predicted octanol–water partition coefficient (Wildman–Crippen LogP) is 4.00. The number of fused-ring (bicyclic) bond motifs is 1. The third-order valence-electron chi connectivity index (χ3n) is 3.57. The topological polar surface area (TPSA) is 53.1 Å². The second-order valence-electron chi connectivity index (χ2n) is 5.02. The number of anilines is 1. The van der Waals surface area contributed by atoms with Gasteiger partial charge in [0.2, 0.25) is 5.95 Å². The Morgan fingerprint density at radius 2 is 2.14 bits per heavy atom. The first-order valence-electron chi connectivity index (χ1n) is 7.07. The molecule has 0 saturated heterocycles. The Labute approximate surface area is 128 Å². The summed E-state index contributed by atoms with van der Waals surface area (Å²) in [6.07, 6.45) is 0. The monoisotopic (exact) mass is 301 g/mol. The molecule has 3 rings (SSSR count). The van der Waals surface area contributed by atoms with Gasteiger partial charge in [0.25, 0.3) is 0 Å². The van der Waals surface area contributed by atoms with Crippen molar-refractivity contribution < 1.29 is 4.74 Å². The van der Waals surface area contributed by atoms with E-state index in [1.165, 1.54) is 9.75 Å². The second-order valence-corrected chi connectivity index (χ2v) is 6.34. The molecule has 1 aromatic carbocycles. The van der Waals surface area contributed by atoms with Crippen LogP contribution < -0.4 is 10.5 Å². The summed E-state index contributed by atoms with van der Waals surface area (Å²) >= 11 is 1.79. The maximum absolute atomic E-state index is 6.16. The van der Waals surface area contributed by atoms with E-state index in [0.717, 1.165) is 16.8 Å². The SMILES string of the molecule is CCOc1cccc2c1nc(N)n2C(C)c1ccc(C)s1. The zero-order chi connectivity index (χ0) is 15.0. The maximum Gasteiger partial charge on any atom is 0.201 e. The number of rotatable bonds is 4. The number of hydrogen-bond acceptors (Lipinski definition) is 4. The number of hydrogen-bond donors (Lipinski definition) is 1. The van der Waals surface area contributed by atoms with Crippen LogP contribution in [-0.4, -0.2) is 16.2 Å². The van der Waals surface area contributed by atoms with E-state index in [0.29, 0.717) is 12.6 Å². The van der Waals surface area contributed by atoms with Gasteiger partial charge in [-0.15, -0.1) is 11.3 Å². The lowest BCUT2D eigenvalue weighted by Crippen LogP contribution is -2.08. The van der Waals surface area contributed by atoms with Crippen LogP contribution in [0.3, 0.4) is 0 Å². The fourth-order valence-corrected chi connectivity index (χ4v) is 3.51. The summed E-state index contributed by atoms with van der Waals surface area (Å²) in [6.45, 7) is 6.85. The lowest BCUT2D eigenvalue weighted by Gasteiger charge is -2.14. The largest absolute Gasteiger partial charge is 0.492 e. The van der Waals surface area contributed by atoms with Crippen molar-refractivity contribution in [3.05, 3.63) is 40.1 Å². The standard InChI is InChI=1S/C16H19N3OS/c1-4-20-13-7-5-6-12-15(13)18-16(17)19(12)11(3)14-9-8-10(2)21-14/h5-9,11H,4H2,1-3H3,(H2,17,18). The Bertz CT molecular complexity index is 775. The van der Waals surface area contributed by atoms with Gasteiger partial charge in [-0.2, -0.15) is 0 Å². The Balaban J connectivity index is 2.14. The normalized spacial score (nSPS) is 12.7. The summed E-state index contributed by atoms with van der Waals surface area (Å²) in [4.78, 5) is 7.08. The molecule has 0 spiro atoms. The Morgan fingerprint density at radius 3 is 2.81 bits per heavy atom. The highest BCUT2D eigenvalue weighted by atomic mass is 32.1. The first-order chi connectivity index (χ1) is 10.1. The number of nitrogen functional groups attached to an aromatic ring is 1. The number of aryl methyl sites for hydroxylation is 1. The van der Waals surface area contributed by atoms with Crippen molar-refractivity contribution >= 4 is 28.3 Å². The third kappa shape index (κ3) is 2.38. The molecule has 2 heterocycles. The van der Waals surface area contributed by atoms with E-state index in [-0.39, 0.29) is 6.04 Å². The molecule has 0 aliphatic carbocycles. The van der Waals surface area contributed by atoms with Crippen LogP contribution in [0.4, 0.5) is 5.95 Å². The lowest BCUT2D eigenvalue weighted by atomic mass is 10.2. The number of ether oxygens (including phenoxy) is 1. The first-order valence-corrected chi connectivity index (χ1v) is 7.89. The summed E-state index contributed by atoms with van der Waals surface area (Å²) in [5.74, 6) is 1.31. The van der Waals surface area contributed by atoms with Crippen LogP contribution in [0.25, 0.3) is 11.0 Å². The number of aromatic nitrogens is 2. The molecule has 0 bridgehead atoms. The van der Waals surface area contributed by atoms with E-state index in [1.807, 2.05) is 25.1 Å². The van der Waals surface area contributed by atoms with E-state index < -0.39 is 0 Å². The van der Waals surface area contributed by atoms with Crippen LogP contribution in [-0.2, 0) is 0 Å².